The molecule has 0 aromatic heterocycles. The number of carbonyl (C=O) groups is 1. The molecule has 2 aliphatic heterocycles. The van der Waals surface area contributed by atoms with Crippen LogP contribution in [0.2, 0.25) is 0 Å². The summed E-state index contributed by atoms with van der Waals surface area (Å²) in [5.41, 5.74) is 1.08. The molecular weight excluding hydrogens is 216 g/mol. The van der Waals surface area contributed by atoms with E-state index in [0.717, 1.165) is 18.7 Å². The number of hydrogen-bond donors (Lipinski definition) is 4. The van der Waals surface area contributed by atoms with Crippen molar-refractivity contribution < 1.29 is 4.79 Å². The van der Waals surface area contributed by atoms with Gasteiger partial charge in [-0.1, -0.05) is 30.3 Å². The molecule has 2 heterocycles. The van der Waals surface area contributed by atoms with Crippen LogP contribution in [0.1, 0.15) is 11.7 Å². The summed E-state index contributed by atoms with van der Waals surface area (Å²) in [5.74, 6) is 0.0507. The van der Waals surface area contributed by atoms with Gasteiger partial charge in [-0.3, -0.25) is 15.4 Å². The van der Waals surface area contributed by atoms with E-state index in [1.54, 1.807) is 0 Å². The number of benzene rings is 1. The van der Waals surface area contributed by atoms with Crippen molar-refractivity contribution in [2.45, 2.75) is 18.4 Å². The van der Waals surface area contributed by atoms with Crippen molar-refractivity contribution in [1.29, 1.82) is 0 Å². The first kappa shape index (κ1) is 10.7. The first-order valence-electron chi connectivity index (χ1n) is 5.93. The number of fused-ring (bicyclic) bond motifs is 1. The van der Waals surface area contributed by atoms with E-state index in [1.807, 2.05) is 30.3 Å². The zero-order valence-corrected chi connectivity index (χ0v) is 9.44. The fraction of sp³-hybridized carbons (Fsp3) is 0.417. The molecule has 90 valence electrons. The molecule has 17 heavy (non-hydrogen) atoms. The normalized spacial score (nSPS) is 32.7. The number of hydrogen-bond acceptors (Lipinski definition) is 4. The van der Waals surface area contributed by atoms with E-state index in [9.17, 15) is 4.79 Å². The molecule has 3 unspecified atom stereocenters. The van der Waals surface area contributed by atoms with Gasteiger partial charge < -0.3 is 10.6 Å². The zero-order valence-electron chi connectivity index (χ0n) is 9.44. The van der Waals surface area contributed by atoms with Crippen LogP contribution in [0, 0.1) is 0 Å². The Hall–Kier alpha value is -1.43. The standard InChI is InChI=1S/C12H16N4O/c17-12-9-11(14-7-6-13-9)15-10(16-12)8-4-2-1-3-5-8/h1-5,9-11,13-15H,6-7H2,(H,16,17). The van der Waals surface area contributed by atoms with Crippen LogP contribution in [0.3, 0.4) is 0 Å². The Bertz CT molecular complexity index is 408. The smallest absolute Gasteiger partial charge is 0.241 e. The van der Waals surface area contributed by atoms with Crippen molar-refractivity contribution in [1.82, 2.24) is 21.3 Å². The summed E-state index contributed by atoms with van der Waals surface area (Å²) in [7, 11) is 0. The molecule has 0 radical (unpaired) electrons. The maximum atomic E-state index is 12.0. The van der Waals surface area contributed by atoms with E-state index < -0.39 is 0 Å². The second-order valence-electron chi connectivity index (χ2n) is 4.38. The molecule has 5 nitrogen and oxygen atoms in total. The fourth-order valence-electron chi connectivity index (χ4n) is 2.37. The third-order valence-electron chi connectivity index (χ3n) is 3.24. The van der Waals surface area contributed by atoms with Gasteiger partial charge in [0, 0.05) is 13.1 Å². The number of amides is 1. The molecule has 0 saturated carbocycles. The van der Waals surface area contributed by atoms with Crippen LogP contribution < -0.4 is 21.3 Å². The van der Waals surface area contributed by atoms with Crippen LogP contribution >= 0.6 is 0 Å². The highest BCUT2D eigenvalue weighted by Crippen LogP contribution is 2.15. The van der Waals surface area contributed by atoms with Crippen molar-refractivity contribution in [2.24, 2.45) is 0 Å². The van der Waals surface area contributed by atoms with Crippen molar-refractivity contribution in [3.05, 3.63) is 35.9 Å². The number of nitrogens with one attached hydrogen (secondary N) is 4. The number of piperazine rings is 1. The van der Waals surface area contributed by atoms with Gasteiger partial charge >= 0.3 is 0 Å². The Labute approximate surface area is 100.0 Å². The Morgan fingerprint density at radius 3 is 2.65 bits per heavy atom. The van der Waals surface area contributed by atoms with E-state index in [0.29, 0.717) is 0 Å². The van der Waals surface area contributed by atoms with Gasteiger partial charge in [0.1, 0.15) is 12.2 Å². The van der Waals surface area contributed by atoms with Crippen LogP contribution in [0.4, 0.5) is 0 Å². The average molecular weight is 232 g/mol. The van der Waals surface area contributed by atoms with Gasteiger partial charge in [0.15, 0.2) is 0 Å². The summed E-state index contributed by atoms with van der Waals surface area (Å²) < 4.78 is 0. The van der Waals surface area contributed by atoms with E-state index in [4.69, 9.17) is 0 Å². The van der Waals surface area contributed by atoms with Crippen molar-refractivity contribution in [3.63, 3.8) is 0 Å². The summed E-state index contributed by atoms with van der Waals surface area (Å²) in [4.78, 5) is 12.0. The summed E-state index contributed by atoms with van der Waals surface area (Å²) in [6.45, 7) is 1.70. The maximum Gasteiger partial charge on any atom is 0.241 e. The molecule has 0 spiro atoms. The molecule has 2 aliphatic rings. The quantitative estimate of drug-likeness (QED) is 0.516. The Kier molecular flexibility index (Phi) is 2.80. The second-order valence-corrected chi connectivity index (χ2v) is 4.38. The van der Waals surface area contributed by atoms with Crippen LogP contribution in [0.5, 0.6) is 0 Å². The van der Waals surface area contributed by atoms with Crippen LogP contribution in [-0.4, -0.2) is 31.2 Å². The van der Waals surface area contributed by atoms with Crippen molar-refractivity contribution >= 4 is 5.91 Å². The molecular formula is C12H16N4O. The highest BCUT2D eigenvalue weighted by atomic mass is 16.2. The van der Waals surface area contributed by atoms with E-state index in [-0.39, 0.29) is 24.3 Å². The lowest BCUT2D eigenvalue weighted by Crippen LogP contribution is -2.72. The predicted octanol–water partition coefficient (Wildman–Crippen LogP) is -0.708. The molecule has 2 saturated heterocycles. The fourth-order valence-corrected chi connectivity index (χ4v) is 2.37. The predicted molar refractivity (Wildman–Crippen MR) is 64.0 cm³/mol. The largest absolute Gasteiger partial charge is 0.335 e. The summed E-state index contributed by atoms with van der Waals surface area (Å²) in [5, 5.41) is 12.9. The summed E-state index contributed by atoms with van der Waals surface area (Å²) in [6.07, 6.45) is -0.111. The molecule has 1 aromatic carbocycles. The topological polar surface area (TPSA) is 65.2 Å². The van der Waals surface area contributed by atoms with Crippen LogP contribution in [0.15, 0.2) is 30.3 Å². The Morgan fingerprint density at radius 2 is 1.82 bits per heavy atom. The van der Waals surface area contributed by atoms with Crippen molar-refractivity contribution in [3.8, 4) is 0 Å². The molecule has 3 rings (SSSR count). The molecule has 2 fully saturated rings. The maximum absolute atomic E-state index is 12.0. The minimum Gasteiger partial charge on any atom is -0.335 e. The lowest BCUT2D eigenvalue weighted by Gasteiger charge is -2.41. The summed E-state index contributed by atoms with van der Waals surface area (Å²) >= 11 is 0. The third kappa shape index (κ3) is 2.04. The van der Waals surface area contributed by atoms with Crippen LogP contribution in [-0.2, 0) is 4.79 Å². The number of rotatable bonds is 1. The van der Waals surface area contributed by atoms with Gasteiger partial charge in [-0.05, 0) is 5.56 Å². The van der Waals surface area contributed by atoms with E-state index >= 15 is 0 Å². The van der Waals surface area contributed by atoms with Gasteiger partial charge in [0.05, 0.1) is 6.17 Å². The third-order valence-corrected chi connectivity index (χ3v) is 3.24. The molecule has 0 aliphatic carbocycles. The molecule has 0 bridgehead atoms. The Morgan fingerprint density at radius 1 is 1.06 bits per heavy atom. The lowest BCUT2D eigenvalue weighted by molar-refractivity contribution is -0.128. The Balaban J connectivity index is 1.79. The SMILES string of the molecule is O=C1NC(c2ccccc2)NC2NCCNC12. The average Bonchev–Trinajstić information content (AvgIpc) is 2.40. The highest BCUT2D eigenvalue weighted by Gasteiger charge is 2.37. The molecule has 1 aromatic rings. The molecule has 4 N–H and O–H groups in total. The first-order chi connectivity index (χ1) is 8.34. The van der Waals surface area contributed by atoms with Crippen molar-refractivity contribution in [2.75, 3.05) is 13.1 Å². The van der Waals surface area contributed by atoms with Gasteiger partial charge in [-0.2, -0.15) is 0 Å². The molecule has 1 amide bonds. The lowest BCUT2D eigenvalue weighted by atomic mass is 10.0. The van der Waals surface area contributed by atoms with Gasteiger partial charge in [-0.25, -0.2) is 0 Å². The van der Waals surface area contributed by atoms with Crippen LogP contribution in [0.25, 0.3) is 0 Å². The van der Waals surface area contributed by atoms with E-state index in [2.05, 4.69) is 21.3 Å². The zero-order chi connectivity index (χ0) is 11.7. The monoisotopic (exact) mass is 232 g/mol. The minimum absolute atomic E-state index is 0.00251. The van der Waals surface area contributed by atoms with E-state index in [1.165, 1.54) is 0 Å². The number of carbonyl (C=O) groups excluding carboxylic acids is 1. The molecule has 3 atom stereocenters. The van der Waals surface area contributed by atoms with Gasteiger partial charge in [0.2, 0.25) is 5.91 Å². The van der Waals surface area contributed by atoms with Gasteiger partial charge in [-0.15, -0.1) is 0 Å². The molecule has 5 heteroatoms. The first-order valence-corrected chi connectivity index (χ1v) is 5.93. The minimum atomic E-state index is -0.177. The highest BCUT2D eigenvalue weighted by molar-refractivity contribution is 5.84. The van der Waals surface area contributed by atoms with Gasteiger partial charge in [0.25, 0.3) is 0 Å². The summed E-state index contributed by atoms with van der Waals surface area (Å²) in [6, 6.07) is 9.76. The second kappa shape index (κ2) is 4.44.